The fourth-order valence-corrected chi connectivity index (χ4v) is 1.75. The SMILES string of the molecule is O=C(C=Cc1ccco1)NCCCOCc1ccccc1. The van der Waals surface area contributed by atoms with Gasteiger partial charge in [-0.2, -0.15) is 0 Å². The highest BCUT2D eigenvalue weighted by atomic mass is 16.5. The zero-order valence-corrected chi connectivity index (χ0v) is 11.8. The third-order valence-electron chi connectivity index (χ3n) is 2.82. The Morgan fingerprint density at radius 2 is 2.05 bits per heavy atom. The molecule has 0 spiro atoms. The van der Waals surface area contributed by atoms with Crippen LogP contribution in [0.5, 0.6) is 0 Å². The molecule has 1 heterocycles. The summed E-state index contributed by atoms with van der Waals surface area (Å²) in [4.78, 5) is 11.5. The first-order valence-corrected chi connectivity index (χ1v) is 6.96. The Morgan fingerprint density at radius 1 is 1.19 bits per heavy atom. The van der Waals surface area contributed by atoms with E-state index in [4.69, 9.17) is 9.15 Å². The second-order valence-electron chi connectivity index (χ2n) is 4.53. The predicted octanol–water partition coefficient (Wildman–Crippen LogP) is 3.02. The molecule has 0 aliphatic heterocycles. The first-order valence-electron chi connectivity index (χ1n) is 6.96. The average Bonchev–Trinajstić information content (AvgIpc) is 3.03. The van der Waals surface area contributed by atoms with Crippen molar-refractivity contribution in [3.05, 3.63) is 66.1 Å². The molecule has 0 aliphatic carbocycles. The van der Waals surface area contributed by atoms with Gasteiger partial charge in [-0.15, -0.1) is 0 Å². The average molecular weight is 285 g/mol. The largest absolute Gasteiger partial charge is 0.465 e. The van der Waals surface area contributed by atoms with E-state index in [1.54, 1.807) is 24.5 Å². The summed E-state index contributed by atoms with van der Waals surface area (Å²) in [7, 11) is 0. The van der Waals surface area contributed by atoms with Crippen molar-refractivity contribution < 1.29 is 13.9 Å². The van der Waals surface area contributed by atoms with Crippen LogP contribution in [0.2, 0.25) is 0 Å². The molecule has 2 rings (SSSR count). The van der Waals surface area contributed by atoms with Crippen molar-refractivity contribution in [1.29, 1.82) is 0 Å². The van der Waals surface area contributed by atoms with Gasteiger partial charge in [0.05, 0.1) is 12.9 Å². The standard InChI is InChI=1S/C17H19NO3/c19-17(10-9-16-8-4-13-21-16)18-11-5-12-20-14-15-6-2-1-3-7-15/h1-4,6-10,13H,5,11-12,14H2,(H,18,19). The van der Waals surface area contributed by atoms with Crippen molar-refractivity contribution >= 4 is 12.0 Å². The molecule has 0 radical (unpaired) electrons. The van der Waals surface area contributed by atoms with E-state index in [0.29, 0.717) is 25.5 Å². The van der Waals surface area contributed by atoms with Gasteiger partial charge in [0.2, 0.25) is 5.91 Å². The van der Waals surface area contributed by atoms with Gasteiger partial charge in [0.15, 0.2) is 0 Å². The number of furan rings is 1. The molecule has 0 unspecified atom stereocenters. The van der Waals surface area contributed by atoms with Crippen LogP contribution in [0.3, 0.4) is 0 Å². The number of hydrogen-bond acceptors (Lipinski definition) is 3. The second kappa shape index (κ2) is 8.76. The van der Waals surface area contributed by atoms with Crippen LogP contribution >= 0.6 is 0 Å². The lowest BCUT2D eigenvalue weighted by atomic mass is 10.2. The summed E-state index contributed by atoms with van der Waals surface area (Å²) in [6.45, 7) is 1.82. The van der Waals surface area contributed by atoms with Crippen molar-refractivity contribution in [2.45, 2.75) is 13.0 Å². The van der Waals surface area contributed by atoms with Crippen molar-refractivity contribution in [2.75, 3.05) is 13.2 Å². The number of carbonyl (C=O) groups excluding carboxylic acids is 1. The molecular weight excluding hydrogens is 266 g/mol. The van der Waals surface area contributed by atoms with Crippen LogP contribution in [0.4, 0.5) is 0 Å². The van der Waals surface area contributed by atoms with E-state index in [-0.39, 0.29) is 5.91 Å². The lowest BCUT2D eigenvalue weighted by Crippen LogP contribution is -2.23. The summed E-state index contributed by atoms with van der Waals surface area (Å²) in [5.74, 6) is 0.533. The minimum atomic E-state index is -0.130. The molecule has 1 N–H and O–H groups in total. The molecular formula is C17H19NO3. The molecule has 4 nitrogen and oxygen atoms in total. The van der Waals surface area contributed by atoms with E-state index >= 15 is 0 Å². The molecule has 110 valence electrons. The Balaban J connectivity index is 1.52. The molecule has 21 heavy (non-hydrogen) atoms. The van der Waals surface area contributed by atoms with Crippen molar-refractivity contribution in [2.24, 2.45) is 0 Å². The molecule has 2 aromatic rings. The summed E-state index contributed by atoms with van der Waals surface area (Å²) in [6.07, 6.45) is 5.46. The molecule has 0 saturated carbocycles. The molecule has 1 aromatic carbocycles. The van der Waals surface area contributed by atoms with Crippen LogP contribution in [-0.4, -0.2) is 19.1 Å². The minimum Gasteiger partial charge on any atom is -0.465 e. The number of nitrogens with one attached hydrogen (secondary N) is 1. The monoisotopic (exact) mass is 285 g/mol. The Morgan fingerprint density at radius 3 is 2.81 bits per heavy atom. The van der Waals surface area contributed by atoms with E-state index in [9.17, 15) is 4.79 Å². The molecule has 0 aliphatic rings. The van der Waals surface area contributed by atoms with Gasteiger partial charge in [0, 0.05) is 19.2 Å². The Hall–Kier alpha value is -2.33. The Labute approximate surface area is 124 Å². The maximum Gasteiger partial charge on any atom is 0.244 e. The molecule has 0 atom stereocenters. The summed E-state index contributed by atoms with van der Waals surface area (Å²) in [5, 5.41) is 2.80. The van der Waals surface area contributed by atoms with E-state index in [0.717, 1.165) is 12.0 Å². The van der Waals surface area contributed by atoms with Crippen molar-refractivity contribution in [3.8, 4) is 0 Å². The van der Waals surface area contributed by atoms with Gasteiger partial charge < -0.3 is 14.5 Å². The van der Waals surface area contributed by atoms with Crippen LogP contribution in [0.15, 0.2) is 59.2 Å². The number of carbonyl (C=O) groups is 1. The van der Waals surface area contributed by atoms with Crippen molar-refractivity contribution in [3.63, 3.8) is 0 Å². The van der Waals surface area contributed by atoms with Crippen LogP contribution in [-0.2, 0) is 16.1 Å². The van der Waals surface area contributed by atoms with E-state index in [1.165, 1.54) is 6.08 Å². The third-order valence-corrected chi connectivity index (χ3v) is 2.82. The highest BCUT2D eigenvalue weighted by molar-refractivity contribution is 5.91. The zero-order chi connectivity index (χ0) is 14.8. The normalized spacial score (nSPS) is 10.9. The molecule has 0 bridgehead atoms. The number of amides is 1. The number of hydrogen-bond donors (Lipinski definition) is 1. The van der Waals surface area contributed by atoms with Crippen LogP contribution in [0.1, 0.15) is 17.7 Å². The quantitative estimate of drug-likeness (QED) is 0.599. The Kier molecular flexibility index (Phi) is 6.29. The van der Waals surface area contributed by atoms with Gasteiger partial charge in [-0.25, -0.2) is 0 Å². The molecule has 1 aromatic heterocycles. The lowest BCUT2D eigenvalue weighted by Gasteiger charge is -2.05. The summed E-state index contributed by atoms with van der Waals surface area (Å²) < 4.78 is 10.6. The van der Waals surface area contributed by atoms with E-state index in [2.05, 4.69) is 5.32 Å². The number of benzene rings is 1. The van der Waals surface area contributed by atoms with Crippen molar-refractivity contribution in [1.82, 2.24) is 5.32 Å². The topological polar surface area (TPSA) is 51.5 Å². The molecule has 0 fully saturated rings. The van der Waals surface area contributed by atoms with E-state index in [1.807, 2.05) is 30.3 Å². The molecule has 1 amide bonds. The first kappa shape index (κ1) is 15.1. The first-order chi connectivity index (χ1) is 10.3. The molecule has 4 heteroatoms. The number of rotatable bonds is 8. The highest BCUT2D eigenvalue weighted by Crippen LogP contribution is 2.02. The minimum absolute atomic E-state index is 0.130. The summed E-state index contributed by atoms with van der Waals surface area (Å²) in [6, 6.07) is 13.6. The fourth-order valence-electron chi connectivity index (χ4n) is 1.75. The number of ether oxygens (including phenoxy) is 1. The van der Waals surface area contributed by atoms with Crippen LogP contribution in [0, 0.1) is 0 Å². The third kappa shape index (κ3) is 6.10. The zero-order valence-electron chi connectivity index (χ0n) is 11.8. The van der Waals surface area contributed by atoms with Gasteiger partial charge >= 0.3 is 0 Å². The highest BCUT2D eigenvalue weighted by Gasteiger charge is 1.96. The fraction of sp³-hybridized carbons (Fsp3) is 0.235. The second-order valence-corrected chi connectivity index (χ2v) is 4.53. The van der Waals surface area contributed by atoms with Gasteiger partial charge in [0.25, 0.3) is 0 Å². The maximum atomic E-state index is 11.5. The smallest absolute Gasteiger partial charge is 0.244 e. The molecule has 0 saturated heterocycles. The predicted molar refractivity (Wildman–Crippen MR) is 81.5 cm³/mol. The van der Waals surface area contributed by atoms with Crippen LogP contribution in [0.25, 0.3) is 6.08 Å². The lowest BCUT2D eigenvalue weighted by molar-refractivity contribution is -0.116. The van der Waals surface area contributed by atoms with Gasteiger partial charge in [-0.1, -0.05) is 30.3 Å². The summed E-state index contributed by atoms with van der Waals surface area (Å²) in [5.41, 5.74) is 1.16. The Bertz CT molecular complexity index is 547. The summed E-state index contributed by atoms with van der Waals surface area (Å²) >= 11 is 0. The van der Waals surface area contributed by atoms with Gasteiger partial charge in [0.1, 0.15) is 5.76 Å². The van der Waals surface area contributed by atoms with Gasteiger partial charge in [-0.05, 0) is 30.2 Å². The van der Waals surface area contributed by atoms with Gasteiger partial charge in [-0.3, -0.25) is 4.79 Å². The van der Waals surface area contributed by atoms with Crippen LogP contribution < -0.4 is 5.32 Å². The maximum absolute atomic E-state index is 11.5. The van der Waals surface area contributed by atoms with E-state index < -0.39 is 0 Å².